The number of epoxide rings is 1. The molecule has 2 unspecified atom stereocenters. The zero-order valence-corrected chi connectivity index (χ0v) is 9.94. The van der Waals surface area contributed by atoms with Crippen LogP contribution in [-0.2, 0) is 4.74 Å². The van der Waals surface area contributed by atoms with E-state index >= 15 is 0 Å². The molecular weight excluding hydrogens is 256 g/mol. The van der Waals surface area contributed by atoms with Gasteiger partial charge in [0, 0.05) is 4.47 Å². The fraction of sp³-hybridized carbons (Fsp3) is 0.333. The van der Waals surface area contributed by atoms with E-state index in [9.17, 15) is 0 Å². The Kier molecular flexibility index (Phi) is 3.44. The van der Waals surface area contributed by atoms with E-state index in [1.807, 2.05) is 30.3 Å². The number of hydrogen-bond donors (Lipinski definition) is 0. The van der Waals surface area contributed by atoms with Crippen molar-refractivity contribution in [1.82, 2.24) is 0 Å². The maximum absolute atomic E-state index is 5.60. The van der Waals surface area contributed by atoms with Crippen molar-refractivity contribution in [2.45, 2.75) is 18.6 Å². The average Bonchev–Trinajstić information content (AvgIpc) is 2.95. The van der Waals surface area contributed by atoms with Crippen molar-refractivity contribution in [3.05, 3.63) is 41.4 Å². The first-order valence-corrected chi connectivity index (χ1v) is 5.73. The maximum atomic E-state index is 5.60. The van der Waals surface area contributed by atoms with Crippen LogP contribution in [0.15, 0.2) is 41.4 Å². The quantitative estimate of drug-likeness (QED) is 0.605. The molecular formula is C12H13BrO2. The largest absolute Gasteiger partial charge is 0.491 e. The summed E-state index contributed by atoms with van der Waals surface area (Å²) >= 11 is 3.40. The molecule has 1 aromatic carbocycles. The normalized spacial score (nSPS) is 23.5. The van der Waals surface area contributed by atoms with Crippen LogP contribution in [0.5, 0.6) is 5.75 Å². The molecule has 15 heavy (non-hydrogen) atoms. The van der Waals surface area contributed by atoms with Crippen molar-refractivity contribution < 1.29 is 9.47 Å². The highest BCUT2D eigenvalue weighted by atomic mass is 79.9. The molecule has 0 aromatic heterocycles. The summed E-state index contributed by atoms with van der Waals surface area (Å²) in [6.07, 6.45) is 3.34. The minimum absolute atomic E-state index is 0.238. The van der Waals surface area contributed by atoms with E-state index in [0.29, 0.717) is 12.7 Å². The van der Waals surface area contributed by atoms with E-state index in [1.165, 1.54) is 0 Å². The number of hydrogen-bond acceptors (Lipinski definition) is 2. The van der Waals surface area contributed by atoms with E-state index < -0.39 is 0 Å². The molecule has 2 atom stereocenters. The monoisotopic (exact) mass is 268 g/mol. The van der Waals surface area contributed by atoms with Crippen LogP contribution in [0, 0.1) is 0 Å². The van der Waals surface area contributed by atoms with Gasteiger partial charge >= 0.3 is 0 Å². The standard InChI is InChI=1S/C12H13BrO2/c1-2-4-11-12(15-11)8-14-10-6-3-5-9(13)7-10/h2-3,5-7,11-12H,1,4,8H2. The average molecular weight is 269 g/mol. The molecule has 0 N–H and O–H groups in total. The molecule has 0 spiro atoms. The van der Waals surface area contributed by atoms with Crippen molar-refractivity contribution in [2.24, 2.45) is 0 Å². The van der Waals surface area contributed by atoms with Gasteiger partial charge in [-0.2, -0.15) is 0 Å². The summed E-state index contributed by atoms with van der Waals surface area (Å²) in [6.45, 7) is 4.30. The van der Waals surface area contributed by atoms with Crippen LogP contribution < -0.4 is 4.74 Å². The SMILES string of the molecule is C=CCC1OC1COc1cccc(Br)c1. The van der Waals surface area contributed by atoms with Gasteiger partial charge in [-0.1, -0.05) is 28.1 Å². The second-order valence-electron chi connectivity index (χ2n) is 3.51. The van der Waals surface area contributed by atoms with Crippen LogP contribution in [-0.4, -0.2) is 18.8 Å². The number of benzene rings is 1. The van der Waals surface area contributed by atoms with Crippen molar-refractivity contribution in [2.75, 3.05) is 6.61 Å². The van der Waals surface area contributed by atoms with Gasteiger partial charge in [0.05, 0.1) is 6.10 Å². The van der Waals surface area contributed by atoms with Gasteiger partial charge in [0.25, 0.3) is 0 Å². The molecule has 3 heteroatoms. The van der Waals surface area contributed by atoms with Crippen LogP contribution >= 0.6 is 15.9 Å². The molecule has 1 heterocycles. The lowest BCUT2D eigenvalue weighted by Gasteiger charge is -2.03. The number of ether oxygens (including phenoxy) is 2. The molecule has 1 aliphatic heterocycles. The predicted octanol–water partition coefficient (Wildman–Crippen LogP) is 3.17. The summed E-state index contributed by atoms with van der Waals surface area (Å²) in [4.78, 5) is 0. The summed E-state index contributed by atoms with van der Waals surface area (Å²) < 4.78 is 12.0. The predicted molar refractivity (Wildman–Crippen MR) is 63.1 cm³/mol. The van der Waals surface area contributed by atoms with Crippen molar-refractivity contribution in [3.63, 3.8) is 0 Å². The van der Waals surface area contributed by atoms with E-state index in [0.717, 1.165) is 16.6 Å². The van der Waals surface area contributed by atoms with Gasteiger partial charge in [-0.15, -0.1) is 6.58 Å². The highest BCUT2D eigenvalue weighted by Gasteiger charge is 2.37. The second-order valence-corrected chi connectivity index (χ2v) is 4.42. The molecule has 0 saturated carbocycles. The maximum Gasteiger partial charge on any atom is 0.120 e. The summed E-state index contributed by atoms with van der Waals surface area (Å²) in [7, 11) is 0. The third-order valence-electron chi connectivity index (χ3n) is 2.30. The van der Waals surface area contributed by atoms with Crippen molar-refractivity contribution >= 4 is 15.9 Å². The lowest BCUT2D eigenvalue weighted by molar-refractivity contribution is 0.260. The third kappa shape index (κ3) is 3.08. The first-order chi connectivity index (χ1) is 7.29. The van der Waals surface area contributed by atoms with Gasteiger partial charge < -0.3 is 9.47 Å². The topological polar surface area (TPSA) is 21.8 Å². The Hall–Kier alpha value is -0.800. The van der Waals surface area contributed by atoms with Crippen LogP contribution in [0.3, 0.4) is 0 Å². The molecule has 0 bridgehead atoms. The van der Waals surface area contributed by atoms with Crippen LogP contribution in [0.2, 0.25) is 0 Å². The zero-order valence-electron chi connectivity index (χ0n) is 8.36. The fourth-order valence-corrected chi connectivity index (χ4v) is 1.81. The Morgan fingerprint density at radius 3 is 3.07 bits per heavy atom. The van der Waals surface area contributed by atoms with Gasteiger partial charge in [-0.05, 0) is 24.6 Å². The summed E-state index contributed by atoms with van der Waals surface area (Å²) in [5.41, 5.74) is 0. The second kappa shape index (κ2) is 4.81. The molecule has 80 valence electrons. The van der Waals surface area contributed by atoms with E-state index in [-0.39, 0.29) is 6.10 Å². The molecule has 1 aromatic rings. The Balaban J connectivity index is 1.77. The highest BCUT2D eigenvalue weighted by molar-refractivity contribution is 9.10. The van der Waals surface area contributed by atoms with Gasteiger partial charge in [-0.3, -0.25) is 0 Å². The van der Waals surface area contributed by atoms with Crippen LogP contribution in [0.4, 0.5) is 0 Å². The summed E-state index contributed by atoms with van der Waals surface area (Å²) in [5.74, 6) is 0.872. The fourth-order valence-electron chi connectivity index (χ4n) is 1.43. The highest BCUT2D eigenvalue weighted by Crippen LogP contribution is 2.27. The van der Waals surface area contributed by atoms with E-state index in [2.05, 4.69) is 22.5 Å². The summed E-state index contributed by atoms with van der Waals surface area (Å²) in [6, 6.07) is 7.82. The molecule has 1 aliphatic rings. The first-order valence-electron chi connectivity index (χ1n) is 4.94. The molecule has 2 nitrogen and oxygen atoms in total. The Bertz CT molecular complexity index is 351. The third-order valence-corrected chi connectivity index (χ3v) is 2.79. The lowest BCUT2D eigenvalue weighted by atomic mass is 10.2. The molecule has 1 fully saturated rings. The molecule has 2 rings (SSSR count). The van der Waals surface area contributed by atoms with Gasteiger partial charge in [0.15, 0.2) is 0 Å². The molecule has 0 radical (unpaired) electrons. The lowest BCUT2D eigenvalue weighted by Crippen LogP contribution is -2.07. The van der Waals surface area contributed by atoms with Gasteiger partial charge in [-0.25, -0.2) is 0 Å². The molecule has 0 aliphatic carbocycles. The Labute approximate surface area is 98.0 Å². The first kappa shape index (κ1) is 10.7. The van der Waals surface area contributed by atoms with Gasteiger partial charge in [0.2, 0.25) is 0 Å². The Morgan fingerprint density at radius 2 is 2.33 bits per heavy atom. The van der Waals surface area contributed by atoms with E-state index in [1.54, 1.807) is 0 Å². The van der Waals surface area contributed by atoms with Crippen molar-refractivity contribution in [3.8, 4) is 5.75 Å². The number of rotatable bonds is 5. The van der Waals surface area contributed by atoms with Crippen molar-refractivity contribution in [1.29, 1.82) is 0 Å². The Morgan fingerprint density at radius 1 is 1.47 bits per heavy atom. The number of halogens is 1. The molecule has 1 saturated heterocycles. The minimum Gasteiger partial charge on any atom is -0.491 e. The molecule has 0 amide bonds. The van der Waals surface area contributed by atoms with Crippen LogP contribution in [0.1, 0.15) is 6.42 Å². The van der Waals surface area contributed by atoms with E-state index in [4.69, 9.17) is 9.47 Å². The zero-order chi connectivity index (χ0) is 10.7. The minimum atomic E-state index is 0.238. The smallest absolute Gasteiger partial charge is 0.120 e. The van der Waals surface area contributed by atoms with Crippen LogP contribution in [0.25, 0.3) is 0 Å². The summed E-state index contributed by atoms with van der Waals surface area (Å²) in [5, 5.41) is 0. The van der Waals surface area contributed by atoms with Gasteiger partial charge in [0.1, 0.15) is 18.5 Å².